The van der Waals surface area contributed by atoms with Gasteiger partial charge in [-0.3, -0.25) is 9.59 Å². The van der Waals surface area contributed by atoms with Gasteiger partial charge in [0, 0.05) is 12.8 Å². The summed E-state index contributed by atoms with van der Waals surface area (Å²) in [6, 6.07) is 1.60. The smallest absolute Gasteiger partial charge is 0.318 e. The number of ketones is 1. The Morgan fingerprint density at radius 3 is 2.57 bits per heavy atom. The average molecular weight is 259 g/mol. The Morgan fingerprint density at radius 1 is 1.57 bits per heavy atom. The summed E-state index contributed by atoms with van der Waals surface area (Å²) < 4.78 is 5.79. The van der Waals surface area contributed by atoms with Gasteiger partial charge in [0.25, 0.3) is 0 Å². The van der Waals surface area contributed by atoms with E-state index in [0.29, 0.717) is 10.2 Å². The van der Waals surface area contributed by atoms with Gasteiger partial charge in [-0.25, -0.2) is 0 Å². The highest BCUT2D eigenvalue weighted by Gasteiger charge is 2.53. The Morgan fingerprint density at radius 2 is 2.21 bits per heavy atom. The van der Waals surface area contributed by atoms with Crippen LogP contribution in [0.1, 0.15) is 18.6 Å². The summed E-state index contributed by atoms with van der Waals surface area (Å²) >= 11 is 3.17. The molecule has 1 N–H and O–H groups in total. The number of carboxylic acid groups (broad SMARTS) is 1. The first-order valence-electron chi connectivity index (χ1n) is 4.04. The molecule has 1 aromatic rings. The van der Waals surface area contributed by atoms with Crippen LogP contribution in [0.3, 0.4) is 0 Å². The lowest BCUT2D eigenvalue weighted by Crippen LogP contribution is -2.48. The minimum Gasteiger partial charge on any atom is -0.480 e. The van der Waals surface area contributed by atoms with Crippen LogP contribution in [-0.2, 0) is 15.0 Å². The number of carbonyl (C=O) groups excluding carboxylic acids is 1. The van der Waals surface area contributed by atoms with Gasteiger partial charge in [-0.15, -0.1) is 0 Å². The Bertz CT molecular complexity index is 399. The summed E-state index contributed by atoms with van der Waals surface area (Å²) in [4.78, 5) is 21.9. The molecule has 74 valence electrons. The van der Waals surface area contributed by atoms with Gasteiger partial charge >= 0.3 is 5.97 Å². The third-order valence-electron chi connectivity index (χ3n) is 2.45. The van der Waals surface area contributed by atoms with Crippen molar-refractivity contribution in [3.05, 3.63) is 22.6 Å². The van der Waals surface area contributed by atoms with E-state index in [-0.39, 0.29) is 18.6 Å². The molecule has 0 aromatic carbocycles. The minimum absolute atomic E-state index is 0.0300. The van der Waals surface area contributed by atoms with Crippen LogP contribution in [0.2, 0.25) is 0 Å². The van der Waals surface area contributed by atoms with Gasteiger partial charge in [0.2, 0.25) is 0 Å². The molecule has 1 aliphatic rings. The maximum absolute atomic E-state index is 11.0. The zero-order chi connectivity index (χ0) is 10.3. The second kappa shape index (κ2) is 2.95. The number of halogens is 1. The summed E-state index contributed by atoms with van der Waals surface area (Å²) in [6.45, 7) is 0. The molecule has 14 heavy (non-hydrogen) atoms. The molecule has 0 amide bonds. The van der Waals surface area contributed by atoms with Crippen molar-refractivity contribution < 1.29 is 19.1 Å². The van der Waals surface area contributed by atoms with E-state index in [1.54, 1.807) is 6.07 Å². The van der Waals surface area contributed by atoms with Crippen molar-refractivity contribution in [2.24, 2.45) is 0 Å². The van der Waals surface area contributed by atoms with E-state index in [4.69, 9.17) is 9.52 Å². The monoisotopic (exact) mass is 258 g/mol. The van der Waals surface area contributed by atoms with Gasteiger partial charge < -0.3 is 9.52 Å². The molecule has 1 aliphatic carbocycles. The largest absolute Gasteiger partial charge is 0.480 e. The standard InChI is InChI=1S/C9H7BrO4/c10-5-1-7(14-4-5)9(8(12)13)2-6(11)3-9/h1,4H,2-3H2,(H,12,13). The number of hydrogen-bond donors (Lipinski definition) is 1. The summed E-state index contributed by atoms with van der Waals surface area (Å²) in [5.41, 5.74) is -1.12. The Balaban J connectivity index is 2.38. The molecular weight excluding hydrogens is 252 g/mol. The van der Waals surface area contributed by atoms with Crippen LogP contribution in [0.4, 0.5) is 0 Å². The van der Waals surface area contributed by atoms with Gasteiger partial charge in [0.05, 0.1) is 4.47 Å². The van der Waals surface area contributed by atoms with Gasteiger partial charge in [-0.2, -0.15) is 0 Å². The number of furan rings is 1. The number of Topliss-reactive ketones (excluding diaryl/α,β-unsaturated/α-hetero) is 1. The number of carbonyl (C=O) groups is 2. The Labute approximate surface area is 88.0 Å². The van der Waals surface area contributed by atoms with Crippen LogP contribution in [-0.4, -0.2) is 16.9 Å². The van der Waals surface area contributed by atoms with Gasteiger partial charge in [-0.1, -0.05) is 0 Å². The van der Waals surface area contributed by atoms with Crippen LogP contribution in [0, 0.1) is 0 Å². The zero-order valence-corrected chi connectivity index (χ0v) is 8.70. The molecule has 0 spiro atoms. The van der Waals surface area contributed by atoms with Crippen molar-refractivity contribution in [1.82, 2.24) is 0 Å². The lowest BCUT2D eigenvalue weighted by Gasteiger charge is -2.33. The SMILES string of the molecule is O=C1CC(C(=O)O)(c2cc(Br)co2)C1. The fourth-order valence-electron chi connectivity index (χ4n) is 1.62. The number of carboxylic acids is 1. The van der Waals surface area contributed by atoms with Crippen molar-refractivity contribution in [2.75, 3.05) is 0 Å². The van der Waals surface area contributed by atoms with Gasteiger partial charge in [-0.05, 0) is 22.0 Å². The third-order valence-corrected chi connectivity index (χ3v) is 2.86. The van der Waals surface area contributed by atoms with Crippen LogP contribution < -0.4 is 0 Å². The van der Waals surface area contributed by atoms with Crippen LogP contribution in [0.5, 0.6) is 0 Å². The van der Waals surface area contributed by atoms with Crippen molar-refractivity contribution in [3.8, 4) is 0 Å². The van der Waals surface area contributed by atoms with E-state index in [1.165, 1.54) is 6.26 Å². The molecule has 0 aliphatic heterocycles. The lowest BCUT2D eigenvalue weighted by atomic mass is 9.66. The molecule has 0 unspecified atom stereocenters. The molecule has 0 atom stereocenters. The average Bonchev–Trinajstić information content (AvgIpc) is 2.45. The second-order valence-electron chi connectivity index (χ2n) is 3.41. The summed E-state index contributed by atoms with van der Waals surface area (Å²) in [5.74, 6) is -0.699. The molecule has 1 saturated carbocycles. The normalized spacial score (nSPS) is 19.1. The van der Waals surface area contributed by atoms with Gasteiger partial charge in [0.15, 0.2) is 0 Å². The van der Waals surface area contributed by atoms with Crippen LogP contribution >= 0.6 is 15.9 Å². The van der Waals surface area contributed by atoms with E-state index in [0.717, 1.165) is 0 Å². The molecule has 0 bridgehead atoms. The quantitative estimate of drug-likeness (QED) is 0.878. The summed E-state index contributed by atoms with van der Waals surface area (Å²) in [5, 5.41) is 9.04. The van der Waals surface area contributed by atoms with E-state index in [2.05, 4.69) is 15.9 Å². The fourth-order valence-corrected chi connectivity index (χ4v) is 1.92. The zero-order valence-electron chi connectivity index (χ0n) is 7.12. The summed E-state index contributed by atoms with van der Waals surface area (Å²) in [7, 11) is 0. The minimum atomic E-state index is -1.12. The van der Waals surface area contributed by atoms with Crippen LogP contribution in [0.25, 0.3) is 0 Å². The van der Waals surface area contributed by atoms with E-state index in [1.807, 2.05) is 0 Å². The first-order chi connectivity index (χ1) is 6.54. The highest BCUT2D eigenvalue weighted by molar-refractivity contribution is 9.10. The maximum atomic E-state index is 11.0. The first-order valence-corrected chi connectivity index (χ1v) is 4.83. The molecule has 1 aromatic heterocycles. The highest BCUT2D eigenvalue weighted by atomic mass is 79.9. The van der Waals surface area contributed by atoms with Crippen LogP contribution in [0.15, 0.2) is 21.2 Å². The van der Waals surface area contributed by atoms with E-state index in [9.17, 15) is 9.59 Å². The van der Waals surface area contributed by atoms with Gasteiger partial charge in [0.1, 0.15) is 23.2 Å². The highest BCUT2D eigenvalue weighted by Crippen LogP contribution is 2.42. The Kier molecular flexibility index (Phi) is 1.99. The molecule has 2 rings (SSSR count). The Hall–Kier alpha value is -1.10. The lowest BCUT2D eigenvalue weighted by molar-refractivity contribution is -0.154. The van der Waals surface area contributed by atoms with Crippen molar-refractivity contribution in [3.63, 3.8) is 0 Å². The molecule has 1 heterocycles. The number of rotatable bonds is 2. The fraction of sp³-hybridized carbons (Fsp3) is 0.333. The molecule has 5 heteroatoms. The van der Waals surface area contributed by atoms with Crippen molar-refractivity contribution in [2.45, 2.75) is 18.3 Å². The molecule has 4 nitrogen and oxygen atoms in total. The van der Waals surface area contributed by atoms with E-state index >= 15 is 0 Å². The molecule has 0 radical (unpaired) electrons. The topological polar surface area (TPSA) is 67.5 Å². The number of aliphatic carboxylic acids is 1. The third kappa shape index (κ3) is 1.19. The predicted octanol–water partition coefficient (Wildman–Crippen LogP) is 1.73. The predicted molar refractivity (Wildman–Crippen MR) is 50.0 cm³/mol. The first kappa shape index (κ1) is 9.45. The summed E-state index contributed by atoms with van der Waals surface area (Å²) in [6.07, 6.45) is 1.48. The molecular formula is C9H7BrO4. The second-order valence-corrected chi connectivity index (χ2v) is 4.32. The molecule has 1 fully saturated rings. The van der Waals surface area contributed by atoms with Crippen molar-refractivity contribution >= 4 is 27.7 Å². The molecule has 0 saturated heterocycles. The maximum Gasteiger partial charge on any atom is 0.318 e. The van der Waals surface area contributed by atoms with Crippen molar-refractivity contribution in [1.29, 1.82) is 0 Å². The van der Waals surface area contributed by atoms with E-state index < -0.39 is 11.4 Å². The number of hydrogen-bond acceptors (Lipinski definition) is 3.